The van der Waals surface area contributed by atoms with Crippen LogP contribution in [0.15, 0.2) is 34.8 Å². The van der Waals surface area contributed by atoms with Crippen LogP contribution in [0.2, 0.25) is 0 Å². The Balaban J connectivity index is 1.73. The molecule has 3 aromatic rings. The molecule has 0 radical (unpaired) electrons. The minimum atomic E-state index is -0.450. The lowest BCUT2D eigenvalue weighted by Crippen LogP contribution is -2.23. The minimum absolute atomic E-state index is 0.149. The van der Waals surface area contributed by atoms with Gasteiger partial charge in [0.05, 0.1) is 27.9 Å². The molecule has 0 amide bonds. The number of aromatic nitrogens is 1. The molecular weight excluding hydrogens is 483 g/mol. The first-order valence-corrected chi connectivity index (χ1v) is 11.5. The van der Waals surface area contributed by atoms with Crippen molar-refractivity contribution in [3.63, 3.8) is 0 Å². The van der Waals surface area contributed by atoms with Gasteiger partial charge >= 0.3 is 0 Å². The van der Waals surface area contributed by atoms with Gasteiger partial charge in [-0.05, 0) is 64.3 Å². The highest BCUT2D eigenvalue weighted by Gasteiger charge is 2.10. The van der Waals surface area contributed by atoms with Gasteiger partial charge in [-0.25, -0.2) is 9.37 Å². The molecule has 166 valence electrons. The second kappa shape index (κ2) is 11.6. The van der Waals surface area contributed by atoms with Crippen molar-refractivity contribution in [2.45, 2.75) is 6.92 Å². The molecule has 5 nitrogen and oxygen atoms in total. The van der Waals surface area contributed by atoms with Crippen LogP contribution in [0.1, 0.15) is 16.1 Å². The Kier molecular flexibility index (Phi) is 8.83. The van der Waals surface area contributed by atoms with Crippen LogP contribution in [0.5, 0.6) is 5.75 Å². The molecule has 0 aliphatic carbocycles. The molecule has 1 aromatic heterocycles. The summed E-state index contributed by atoms with van der Waals surface area (Å²) in [4.78, 5) is 6.88. The number of halogens is 2. The maximum absolute atomic E-state index is 12.2. The summed E-state index contributed by atoms with van der Waals surface area (Å²) in [5, 5.41) is 0.941. The molecular formula is C23H26BrFN2O3S. The zero-order valence-corrected chi connectivity index (χ0v) is 20.3. The average molecular weight is 509 g/mol. The van der Waals surface area contributed by atoms with Crippen LogP contribution in [-0.4, -0.2) is 52.4 Å². The summed E-state index contributed by atoms with van der Waals surface area (Å²) >= 11 is 5.18. The predicted octanol–water partition coefficient (Wildman–Crippen LogP) is 5.94. The van der Waals surface area contributed by atoms with Crippen molar-refractivity contribution >= 4 is 55.3 Å². The predicted molar refractivity (Wildman–Crippen MR) is 130 cm³/mol. The van der Waals surface area contributed by atoms with Crippen LogP contribution >= 0.6 is 27.3 Å². The summed E-state index contributed by atoms with van der Waals surface area (Å²) in [6, 6.07) is 10.2. The maximum Gasteiger partial charge on any atom is 0.188 e. The van der Waals surface area contributed by atoms with Gasteiger partial charge < -0.3 is 19.1 Å². The van der Waals surface area contributed by atoms with E-state index in [0.717, 1.165) is 42.3 Å². The Bertz CT molecular complexity index is 1040. The summed E-state index contributed by atoms with van der Waals surface area (Å²) in [5.74, 6) is 0.737. The number of thiazole rings is 1. The van der Waals surface area contributed by atoms with Crippen molar-refractivity contribution in [3.05, 3.63) is 50.9 Å². The number of methoxy groups -OCH3 is 1. The van der Waals surface area contributed by atoms with E-state index in [-0.39, 0.29) is 13.4 Å². The van der Waals surface area contributed by atoms with Crippen LogP contribution < -0.4 is 9.64 Å². The molecule has 2 aromatic carbocycles. The van der Waals surface area contributed by atoms with E-state index in [1.54, 1.807) is 18.4 Å². The summed E-state index contributed by atoms with van der Waals surface area (Å²) in [6.45, 7) is 3.19. The quantitative estimate of drug-likeness (QED) is 0.236. The lowest BCUT2D eigenvalue weighted by molar-refractivity contribution is 0.0506. The van der Waals surface area contributed by atoms with E-state index in [1.807, 2.05) is 37.4 Å². The molecule has 0 N–H and O–H groups in total. The lowest BCUT2D eigenvalue weighted by atomic mass is 10.1. The highest BCUT2D eigenvalue weighted by Crippen LogP contribution is 2.31. The van der Waals surface area contributed by atoms with Crippen molar-refractivity contribution in [1.82, 2.24) is 4.98 Å². The standard InChI is InChI=1S/C23H26BrFN2O3S/c1-16-12-19-22(14-20(16)27(2)9-11-29-10-8-25)31-23(26-19)7-5-17-4-6-21(18(24)13-17)30-15-28-3/h4-7,12-14H,8-11,15H2,1-3H3/b7-5+. The molecule has 0 fully saturated rings. The summed E-state index contributed by atoms with van der Waals surface area (Å²) in [5.41, 5.74) is 4.31. The first-order valence-electron chi connectivity index (χ1n) is 9.87. The second-order valence-electron chi connectivity index (χ2n) is 6.96. The summed E-state index contributed by atoms with van der Waals surface area (Å²) in [6.07, 6.45) is 4.05. The third kappa shape index (κ3) is 6.49. The van der Waals surface area contributed by atoms with Crippen LogP contribution in [0.3, 0.4) is 0 Å². The number of likely N-dealkylation sites (N-methyl/N-ethyl adjacent to an activating group) is 1. The van der Waals surface area contributed by atoms with Crippen molar-refractivity contribution in [2.24, 2.45) is 0 Å². The van der Waals surface area contributed by atoms with Crippen molar-refractivity contribution in [2.75, 3.05) is 52.3 Å². The number of alkyl halides is 1. The molecule has 0 aliphatic heterocycles. The van der Waals surface area contributed by atoms with Crippen LogP contribution in [0, 0.1) is 6.92 Å². The van der Waals surface area contributed by atoms with Gasteiger partial charge in [0.25, 0.3) is 0 Å². The van der Waals surface area contributed by atoms with Gasteiger partial charge in [-0.3, -0.25) is 0 Å². The normalized spacial score (nSPS) is 11.5. The van der Waals surface area contributed by atoms with E-state index in [0.29, 0.717) is 13.2 Å². The number of ether oxygens (including phenoxy) is 3. The van der Waals surface area contributed by atoms with E-state index in [4.69, 9.17) is 19.2 Å². The van der Waals surface area contributed by atoms with Crippen LogP contribution in [-0.2, 0) is 9.47 Å². The largest absolute Gasteiger partial charge is 0.466 e. The first-order chi connectivity index (χ1) is 15.0. The van der Waals surface area contributed by atoms with Gasteiger partial charge in [-0.2, -0.15) is 0 Å². The van der Waals surface area contributed by atoms with Crippen molar-refractivity contribution < 1.29 is 18.6 Å². The van der Waals surface area contributed by atoms with Gasteiger partial charge in [0, 0.05) is 26.4 Å². The molecule has 1 heterocycles. The molecule has 3 rings (SSSR count). The topological polar surface area (TPSA) is 43.8 Å². The second-order valence-corrected chi connectivity index (χ2v) is 8.87. The zero-order chi connectivity index (χ0) is 22.2. The number of anilines is 1. The van der Waals surface area contributed by atoms with Crippen molar-refractivity contribution in [1.29, 1.82) is 0 Å². The monoisotopic (exact) mass is 508 g/mol. The molecule has 0 aliphatic rings. The van der Waals surface area contributed by atoms with E-state index >= 15 is 0 Å². The maximum atomic E-state index is 12.2. The Hall–Kier alpha value is -2.00. The number of fused-ring (bicyclic) bond motifs is 1. The Morgan fingerprint density at radius 2 is 2.03 bits per heavy atom. The number of rotatable bonds is 11. The Morgan fingerprint density at radius 3 is 2.77 bits per heavy atom. The molecule has 0 saturated carbocycles. The van der Waals surface area contributed by atoms with Gasteiger partial charge in [0.2, 0.25) is 0 Å². The van der Waals surface area contributed by atoms with Gasteiger partial charge in [0.15, 0.2) is 6.79 Å². The number of nitrogens with zero attached hydrogens (tertiary/aromatic N) is 2. The summed E-state index contributed by atoms with van der Waals surface area (Å²) < 4.78 is 29.9. The fourth-order valence-corrected chi connectivity index (χ4v) is 4.47. The Morgan fingerprint density at radius 1 is 1.19 bits per heavy atom. The zero-order valence-electron chi connectivity index (χ0n) is 17.9. The molecule has 0 bridgehead atoms. The number of hydrogen-bond acceptors (Lipinski definition) is 6. The number of benzene rings is 2. The van der Waals surface area contributed by atoms with Gasteiger partial charge in [-0.15, -0.1) is 11.3 Å². The third-order valence-electron chi connectivity index (χ3n) is 4.63. The molecule has 31 heavy (non-hydrogen) atoms. The average Bonchev–Trinajstić information content (AvgIpc) is 3.15. The van der Waals surface area contributed by atoms with Crippen LogP contribution in [0.25, 0.3) is 22.4 Å². The molecule has 0 spiro atoms. The van der Waals surface area contributed by atoms with E-state index in [2.05, 4.69) is 39.9 Å². The SMILES string of the molecule is COCOc1ccc(/C=C/c2nc3cc(C)c(N(C)CCOCCF)cc3s2)cc1Br. The molecule has 0 unspecified atom stereocenters. The molecule has 8 heteroatoms. The highest BCUT2D eigenvalue weighted by molar-refractivity contribution is 9.10. The first kappa shape index (κ1) is 23.7. The molecule has 0 atom stereocenters. The van der Waals surface area contributed by atoms with E-state index < -0.39 is 6.67 Å². The smallest absolute Gasteiger partial charge is 0.188 e. The summed E-state index contributed by atoms with van der Waals surface area (Å²) in [7, 11) is 3.61. The van der Waals surface area contributed by atoms with E-state index in [1.165, 1.54) is 0 Å². The van der Waals surface area contributed by atoms with Gasteiger partial charge in [-0.1, -0.05) is 12.1 Å². The van der Waals surface area contributed by atoms with Crippen LogP contribution in [0.4, 0.5) is 10.1 Å². The number of aryl methyl sites for hydroxylation is 1. The van der Waals surface area contributed by atoms with Gasteiger partial charge in [0.1, 0.15) is 17.4 Å². The number of hydrogen-bond donors (Lipinski definition) is 0. The van der Waals surface area contributed by atoms with E-state index in [9.17, 15) is 4.39 Å². The van der Waals surface area contributed by atoms with Crippen molar-refractivity contribution in [3.8, 4) is 5.75 Å². The highest BCUT2D eigenvalue weighted by atomic mass is 79.9. The third-order valence-corrected chi connectivity index (χ3v) is 6.24. The Labute approximate surface area is 194 Å². The molecule has 0 saturated heterocycles. The lowest BCUT2D eigenvalue weighted by Gasteiger charge is -2.21. The minimum Gasteiger partial charge on any atom is -0.466 e. The fraction of sp³-hybridized carbons (Fsp3) is 0.348. The fourth-order valence-electron chi connectivity index (χ4n) is 3.07.